The highest BCUT2D eigenvalue weighted by Gasteiger charge is 2.17. The summed E-state index contributed by atoms with van der Waals surface area (Å²) >= 11 is 4.99. The molecule has 0 radical (unpaired) electrons. The minimum atomic E-state index is 0.422. The Kier molecular flexibility index (Phi) is 2.74. The Balaban J connectivity index is 1.96. The molecule has 1 aliphatic carbocycles. The molecule has 0 heterocycles. The Morgan fingerprint density at radius 1 is 1.06 bits per heavy atom. The summed E-state index contributed by atoms with van der Waals surface area (Å²) in [5, 5.41) is 3.47. The van der Waals surface area contributed by atoms with Crippen LogP contribution in [-0.4, -0.2) is 5.11 Å². The van der Waals surface area contributed by atoms with E-state index < -0.39 is 0 Å². The molecule has 0 amide bonds. The van der Waals surface area contributed by atoms with Gasteiger partial charge in [0.05, 0.1) is 0 Å². The molecule has 0 saturated heterocycles. The Morgan fingerprint density at radius 3 is 2.67 bits per heavy atom. The minimum Gasteiger partial charge on any atom is -0.332 e. The number of thiocarbonyl (C=S) groups is 1. The van der Waals surface area contributed by atoms with Crippen molar-refractivity contribution in [3.63, 3.8) is 0 Å². The van der Waals surface area contributed by atoms with Crippen LogP contribution in [0, 0.1) is 0 Å². The van der Waals surface area contributed by atoms with Crippen molar-refractivity contribution >= 4 is 23.0 Å². The van der Waals surface area contributed by atoms with Crippen LogP contribution in [0.3, 0.4) is 0 Å². The minimum absolute atomic E-state index is 0.422. The SMILES string of the molecule is NNC(=S)Nc1ccc2c(c1)Cc1ccccc1-2. The lowest BCUT2D eigenvalue weighted by Gasteiger charge is -2.08. The van der Waals surface area contributed by atoms with E-state index in [-0.39, 0.29) is 0 Å². The summed E-state index contributed by atoms with van der Waals surface area (Å²) in [6.07, 6.45) is 0.976. The molecule has 18 heavy (non-hydrogen) atoms. The topological polar surface area (TPSA) is 50.1 Å². The van der Waals surface area contributed by atoms with Crippen molar-refractivity contribution in [1.82, 2.24) is 5.43 Å². The molecular formula is C14H13N3S. The van der Waals surface area contributed by atoms with Crippen molar-refractivity contribution in [2.75, 3.05) is 5.32 Å². The van der Waals surface area contributed by atoms with Gasteiger partial charge < -0.3 is 10.7 Å². The number of fused-ring (bicyclic) bond motifs is 3. The van der Waals surface area contributed by atoms with E-state index in [1.54, 1.807) is 0 Å². The van der Waals surface area contributed by atoms with E-state index in [1.807, 2.05) is 6.07 Å². The van der Waals surface area contributed by atoms with Gasteiger partial charge in [-0.15, -0.1) is 0 Å². The van der Waals surface area contributed by atoms with Crippen molar-refractivity contribution in [1.29, 1.82) is 0 Å². The van der Waals surface area contributed by atoms with Crippen molar-refractivity contribution in [3.05, 3.63) is 53.6 Å². The van der Waals surface area contributed by atoms with Crippen molar-refractivity contribution in [2.45, 2.75) is 6.42 Å². The van der Waals surface area contributed by atoms with Crippen molar-refractivity contribution < 1.29 is 0 Å². The molecule has 1 aliphatic rings. The number of nitrogens with one attached hydrogen (secondary N) is 2. The number of hydrogen-bond acceptors (Lipinski definition) is 2. The number of hydrogen-bond donors (Lipinski definition) is 3. The summed E-state index contributed by atoms with van der Waals surface area (Å²) in [6, 6.07) is 14.8. The van der Waals surface area contributed by atoms with Crippen LogP contribution in [-0.2, 0) is 6.42 Å². The molecule has 90 valence electrons. The van der Waals surface area contributed by atoms with Crippen LogP contribution < -0.4 is 16.6 Å². The summed E-state index contributed by atoms with van der Waals surface area (Å²) in [7, 11) is 0. The molecule has 0 aliphatic heterocycles. The standard InChI is InChI=1S/C14H13N3S/c15-17-14(18)16-11-5-6-13-10(8-11)7-9-3-1-2-4-12(9)13/h1-6,8H,7,15H2,(H2,16,17,18). The molecule has 0 aromatic heterocycles. The van der Waals surface area contributed by atoms with Gasteiger partial charge in [-0.2, -0.15) is 0 Å². The predicted molar refractivity (Wildman–Crippen MR) is 78.2 cm³/mol. The first kappa shape index (κ1) is 11.2. The number of benzene rings is 2. The second-order valence-corrected chi connectivity index (χ2v) is 4.71. The Labute approximate surface area is 111 Å². The van der Waals surface area contributed by atoms with E-state index in [0.29, 0.717) is 5.11 Å². The Hall–Kier alpha value is -1.91. The highest BCUT2D eigenvalue weighted by Crippen LogP contribution is 2.37. The number of hydrazine groups is 1. The zero-order valence-electron chi connectivity index (χ0n) is 9.73. The molecule has 2 aromatic rings. The van der Waals surface area contributed by atoms with Crippen LogP contribution in [0.25, 0.3) is 11.1 Å². The highest BCUT2D eigenvalue weighted by atomic mass is 32.1. The fourth-order valence-electron chi connectivity index (χ4n) is 2.39. The summed E-state index contributed by atoms with van der Waals surface area (Å²) in [5.41, 5.74) is 8.72. The zero-order chi connectivity index (χ0) is 12.5. The van der Waals surface area contributed by atoms with Gasteiger partial charge in [0, 0.05) is 5.69 Å². The van der Waals surface area contributed by atoms with E-state index in [4.69, 9.17) is 18.1 Å². The van der Waals surface area contributed by atoms with E-state index in [2.05, 4.69) is 47.1 Å². The average molecular weight is 255 g/mol. The lowest BCUT2D eigenvalue weighted by atomic mass is 10.1. The van der Waals surface area contributed by atoms with Crippen LogP contribution in [0.1, 0.15) is 11.1 Å². The first-order chi connectivity index (χ1) is 8.78. The first-order valence-electron chi connectivity index (χ1n) is 5.77. The van der Waals surface area contributed by atoms with E-state index in [9.17, 15) is 0 Å². The largest absolute Gasteiger partial charge is 0.332 e. The molecule has 4 heteroatoms. The molecule has 4 N–H and O–H groups in total. The smallest absolute Gasteiger partial charge is 0.185 e. The summed E-state index contributed by atoms with van der Waals surface area (Å²) in [5.74, 6) is 5.25. The first-order valence-corrected chi connectivity index (χ1v) is 6.17. The zero-order valence-corrected chi connectivity index (χ0v) is 10.6. The second kappa shape index (κ2) is 4.40. The molecular weight excluding hydrogens is 242 g/mol. The van der Waals surface area contributed by atoms with Gasteiger partial charge in [0.2, 0.25) is 0 Å². The van der Waals surface area contributed by atoms with Gasteiger partial charge in [-0.3, -0.25) is 0 Å². The maximum absolute atomic E-state index is 5.25. The molecule has 0 saturated carbocycles. The quantitative estimate of drug-likeness (QED) is 0.355. The molecule has 0 bridgehead atoms. The fourth-order valence-corrected chi connectivity index (χ4v) is 2.51. The van der Waals surface area contributed by atoms with Gasteiger partial charge in [-0.25, -0.2) is 5.84 Å². The van der Waals surface area contributed by atoms with E-state index in [0.717, 1.165) is 12.1 Å². The number of anilines is 1. The van der Waals surface area contributed by atoms with Gasteiger partial charge in [0.25, 0.3) is 0 Å². The lowest BCUT2D eigenvalue weighted by Crippen LogP contribution is -2.34. The van der Waals surface area contributed by atoms with E-state index >= 15 is 0 Å². The summed E-state index contributed by atoms with van der Waals surface area (Å²) < 4.78 is 0. The van der Waals surface area contributed by atoms with Gasteiger partial charge in [-0.1, -0.05) is 30.3 Å². The van der Waals surface area contributed by atoms with Crippen LogP contribution in [0.2, 0.25) is 0 Å². The Bertz CT molecular complexity index is 622. The fraction of sp³-hybridized carbons (Fsp3) is 0.0714. The molecule has 0 spiro atoms. The van der Waals surface area contributed by atoms with Gasteiger partial charge >= 0.3 is 0 Å². The third kappa shape index (κ3) is 1.85. The molecule has 2 aromatic carbocycles. The molecule has 3 rings (SSSR count). The number of nitrogens with two attached hydrogens (primary N) is 1. The predicted octanol–water partition coefficient (Wildman–Crippen LogP) is 2.42. The lowest BCUT2D eigenvalue weighted by molar-refractivity contribution is 1.04. The van der Waals surface area contributed by atoms with Gasteiger partial charge in [0.1, 0.15) is 0 Å². The summed E-state index contributed by atoms with van der Waals surface area (Å²) in [6.45, 7) is 0. The second-order valence-electron chi connectivity index (χ2n) is 4.30. The molecule has 0 fully saturated rings. The average Bonchev–Trinajstić information content (AvgIpc) is 2.76. The van der Waals surface area contributed by atoms with Crippen LogP contribution >= 0.6 is 12.2 Å². The normalized spacial score (nSPS) is 11.6. The molecule has 3 nitrogen and oxygen atoms in total. The van der Waals surface area contributed by atoms with Crippen LogP contribution in [0.4, 0.5) is 5.69 Å². The van der Waals surface area contributed by atoms with Crippen LogP contribution in [0.15, 0.2) is 42.5 Å². The maximum atomic E-state index is 5.25. The highest BCUT2D eigenvalue weighted by molar-refractivity contribution is 7.80. The number of rotatable bonds is 1. The van der Waals surface area contributed by atoms with E-state index in [1.165, 1.54) is 22.3 Å². The Morgan fingerprint density at radius 2 is 1.83 bits per heavy atom. The van der Waals surface area contributed by atoms with Gasteiger partial charge in [0.15, 0.2) is 5.11 Å². The monoisotopic (exact) mass is 255 g/mol. The third-order valence-corrected chi connectivity index (χ3v) is 3.40. The van der Waals surface area contributed by atoms with Gasteiger partial charge in [-0.05, 0) is 53.0 Å². The van der Waals surface area contributed by atoms with Crippen molar-refractivity contribution in [2.24, 2.45) is 5.84 Å². The third-order valence-electron chi connectivity index (χ3n) is 3.18. The molecule has 0 atom stereocenters. The maximum Gasteiger partial charge on any atom is 0.185 e. The molecule has 0 unspecified atom stereocenters. The van der Waals surface area contributed by atoms with Crippen molar-refractivity contribution in [3.8, 4) is 11.1 Å². The summed E-state index contributed by atoms with van der Waals surface area (Å²) in [4.78, 5) is 0. The van der Waals surface area contributed by atoms with Crippen LogP contribution in [0.5, 0.6) is 0 Å².